The van der Waals surface area contributed by atoms with E-state index in [9.17, 15) is 13.2 Å². The second-order valence-electron chi connectivity index (χ2n) is 8.86. The number of unbranched alkanes of at least 4 members (excludes halogenated alkanes) is 1. The molecule has 1 saturated heterocycles. The molecule has 1 amide bonds. The molecule has 186 valence electrons. The van der Waals surface area contributed by atoms with E-state index >= 15 is 0 Å². The van der Waals surface area contributed by atoms with Gasteiger partial charge in [-0.1, -0.05) is 20.3 Å². The van der Waals surface area contributed by atoms with E-state index in [1.165, 1.54) is 6.07 Å². The third kappa shape index (κ3) is 5.86. The van der Waals surface area contributed by atoms with Crippen molar-refractivity contribution in [2.75, 3.05) is 26.2 Å². The molecule has 1 fully saturated rings. The Kier molecular flexibility index (Phi) is 8.10. The molecule has 3 aromatic rings. The van der Waals surface area contributed by atoms with Crippen molar-refractivity contribution in [1.29, 1.82) is 0 Å². The monoisotopic (exact) mass is 495 g/mol. The van der Waals surface area contributed by atoms with Crippen LogP contribution in [0.1, 0.15) is 49.9 Å². The number of carbonyl (C=O) groups excluding carboxylic acids is 1. The number of likely N-dealkylation sites (N-methyl/N-ethyl adjacent to an activating group) is 1. The molecule has 0 aliphatic carbocycles. The first kappa shape index (κ1) is 25.2. The normalized spacial score (nSPS) is 16.6. The summed E-state index contributed by atoms with van der Waals surface area (Å²) in [6, 6.07) is 10.5. The smallest absolute Gasteiger partial charge is 0.252 e. The summed E-state index contributed by atoms with van der Waals surface area (Å²) in [4.78, 5) is 24.8. The Labute approximate surface area is 207 Å². The number of sulfonamides is 1. The number of hydrogen-bond donors (Lipinski definition) is 2. The molecule has 2 N–H and O–H groups in total. The lowest BCUT2D eigenvalue weighted by atomic mass is 10.0. The highest BCUT2D eigenvalue weighted by molar-refractivity contribution is 7.89. The topological polar surface area (TPSA) is 104 Å². The Balaban J connectivity index is 1.71. The molecule has 35 heavy (non-hydrogen) atoms. The van der Waals surface area contributed by atoms with Crippen LogP contribution < -0.4 is 10.0 Å². The molecule has 0 bridgehead atoms. The van der Waals surface area contributed by atoms with Crippen LogP contribution in [0.3, 0.4) is 0 Å². The number of fused-ring (bicyclic) bond motifs is 1. The Morgan fingerprint density at radius 1 is 1.20 bits per heavy atom. The Hall–Kier alpha value is -2.88. The van der Waals surface area contributed by atoms with Gasteiger partial charge in [0.05, 0.1) is 21.7 Å². The number of amides is 1. The van der Waals surface area contributed by atoms with Gasteiger partial charge in [-0.3, -0.25) is 14.7 Å². The summed E-state index contributed by atoms with van der Waals surface area (Å²) in [5.41, 5.74) is 2.36. The zero-order valence-electron chi connectivity index (χ0n) is 20.3. The predicted molar refractivity (Wildman–Crippen MR) is 138 cm³/mol. The maximum atomic E-state index is 13.4. The summed E-state index contributed by atoms with van der Waals surface area (Å²) < 4.78 is 28.3. The molecular formula is C26H33N5O3S. The van der Waals surface area contributed by atoms with Crippen molar-refractivity contribution in [1.82, 2.24) is 24.9 Å². The number of likely N-dealkylation sites (tertiary alicyclic amines) is 1. The lowest BCUT2D eigenvalue weighted by Crippen LogP contribution is -2.40. The first-order valence-electron chi connectivity index (χ1n) is 12.3. The van der Waals surface area contributed by atoms with Gasteiger partial charge in [0, 0.05) is 42.5 Å². The molecule has 1 atom stereocenters. The molecule has 2 aromatic heterocycles. The van der Waals surface area contributed by atoms with E-state index in [1.807, 2.05) is 19.1 Å². The van der Waals surface area contributed by atoms with Gasteiger partial charge in [0.25, 0.3) is 5.91 Å². The number of hydrogen-bond acceptors (Lipinski definition) is 6. The minimum Gasteiger partial charge on any atom is -0.350 e. The fourth-order valence-corrected chi connectivity index (χ4v) is 5.64. The average molecular weight is 496 g/mol. The average Bonchev–Trinajstić information content (AvgIpc) is 3.34. The fourth-order valence-electron chi connectivity index (χ4n) is 4.54. The van der Waals surface area contributed by atoms with Gasteiger partial charge in [0.15, 0.2) is 0 Å². The van der Waals surface area contributed by atoms with Crippen LogP contribution in [-0.4, -0.2) is 61.4 Å². The van der Waals surface area contributed by atoms with E-state index in [0.717, 1.165) is 44.3 Å². The molecule has 3 heterocycles. The highest BCUT2D eigenvalue weighted by Crippen LogP contribution is 2.27. The number of rotatable bonds is 10. The van der Waals surface area contributed by atoms with E-state index < -0.39 is 10.0 Å². The molecule has 4 rings (SSSR count). The Morgan fingerprint density at radius 2 is 2.06 bits per heavy atom. The Morgan fingerprint density at radius 3 is 2.80 bits per heavy atom. The van der Waals surface area contributed by atoms with Crippen LogP contribution in [0, 0.1) is 0 Å². The van der Waals surface area contributed by atoms with E-state index in [1.54, 1.807) is 30.6 Å². The van der Waals surface area contributed by atoms with Crippen molar-refractivity contribution >= 4 is 26.8 Å². The highest BCUT2D eigenvalue weighted by Gasteiger charge is 2.24. The third-order valence-corrected chi connectivity index (χ3v) is 7.98. The van der Waals surface area contributed by atoms with Gasteiger partial charge in [0.2, 0.25) is 10.0 Å². The number of nitrogens with zero attached hydrogens (tertiary/aromatic N) is 3. The molecule has 1 aromatic carbocycles. The van der Waals surface area contributed by atoms with Crippen molar-refractivity contribution in [2.45, 2.75) is 50.5 Å². The zero-order valence-corrected chi connectivity index (χ0v) is 21.1. The molecular weight excluding hydrogens is 462 g/mol. The molecule has 0 saturated carbocycles. The molecule has 9 heteroatoms. The Bertz CT molecular complexity index is 1280. The van der Waals surface area contributed by atoms with Crippen LogP contribution in [-0.2, 0) is 10.0 Å². The number of aromatic nitrogens is 2. The van der Waals surface area contributed by atoms with Crippen molar-refractivity contribution in [2.24, 2.45) is 0 Å². The number of nitrogens with one attached hydrogen (secondary N) is 2. The summed E-state index contributed by atoms with van der Waals surface area (Å²) in [6.07, 6.45) is 7.21. The van der Waals surface area contributed by atoms with Crippen molar-refractivity contribution in [3.05, 3.63) is 54.4 Å². The fraction of sp³-hybridized carbons (Fsp3) is 0.423. The van der Waals surface area contributed by atoms with Gasteiger partial charge < -0.3 is 5.32 Å². The maximum absolute atomic E-state index is 13.4. The van der Waals surface area contributed by atoms with E-state index in [-0.39, 0.29) is 10.8 Å². The first-order chi connectivity index (χ1) is 16.9. The standard InChI is InChI=1S/C26H33N5O3S/c1-3-5-13-29-35(33,34)21-10-11-24-22(15-21)23(16-25(30-24)19-8-6-12-27-17-19)26(32)28-18-20-9-7-14-31(20)4-2/h6,8,10-12,15-17,20,29H,3-5,7,9,13-14,18H2,1-2H3,(H,28,32)/t20-/m0/s1. The largest absolute Gasteiger partial charge is 0.350 e. The molecule has 1 aliphatic heterocycles. The van der Waals surface area contributed by atoms with Crippen LogP contribution >= 0.6 is 0 Å². The van der Waals surface area contributed by atoms with Crippen molar-refractivity contribution in [3.8, 4) is 11.3 Å². The van der Waals surface area contributed by atoms with E-state index in [4.69, 9.17) is 4.98 Å². The molecule has 0 radical (unpaired) electrons. The first-order valence-corrected chi connectivity index (χ1v) is 13.8. The number of carbonyl (C=O) groups is 1. The quantitative estimate of drug-likeness (QED) is 0.417. The van der Waals surface area contributed by atoms with Gasteiger partial charge in [-0.2, -0.15) is 0 Å². The van der Waals surface area contributed by atoms with Crippen molar-refractivity contribution < 1.29 is 13.2 Å². The summed E-state index contributed by atoms with van der Waals surface area (Å²) in [5, 5.41) is 3.59. The minimum atomic E-state index is -3.69. The van der Waals surface area contributed by atoms with Crippen LogP contribution in [0.2, 0.25) is 0 Å². The van der Waals surface area contributed by atoms with Crippen LogP contribution in [0.15, 0.2) is 53.7 Å². The molecule has 0 unspecified atom stereocenters. The van der Waals surface area contributed by atoms with Crippen molar-refractivity contribution in [3.63, 3.8) is 0 Å². The molecule has 8 nitrogen and oxygen atoms in total. The van der Waals surface area contributed by atoms with Gasteiger partial charge in [-0.05, 0) is 68.8 Å². The summed E-state index contributed by atoms with van der Waals surface area (Å²) in [6.45, 7) is 7.06. The zero-order chi connectivity index (χ0) is 24.8. The number of benzene rings is 1. The third-order valence-electron chi connectivity index (χ3n) is 6.52. The highest BCUT2D eigenvalue weighted by atomic mass is 32.2. The maximum Gasteiger partial charge on any atom is 0.252 e. The predicted octanol–water partition coefficient (Wildman–Crippen LogP) is 3.59. The van der Waals surface area contributed by atoms with Gasteiger partial charge >= 0.3 is 0 Å². The second kappa shape index (κ2) is 11.2. The van der Waals surface area contributed by atoms with E-state index in [0.29, 0.717) is 41.3 Å². The van der Waals surface area contributed by atoms with Crippen LogP contribution in [0.4, 0.5) is 0 Å². The lowest BCUT2D eigenvalue weighted by molar-refractivity contribution is 0.0943. The SMILES string of the molecule is CCCCNS(=O)(=O)c1ccc2nc(-c3cccnc3)cc(C(=O)NC[C@@H]3CCCN3CC)c2c1. The summed E-state index contributed by atoms with van der Waals surface area (Å²) in [7, 11) is -3.69. The van der Waals surface area contributed by atoms with Gasteiger partial charge in [0.1, 0.15) is 0 Å². The van der Waals surface area contributed by atoms with E-state index in [2.05, 4.69) is 26.8 Å². The van der Waals surface area contributed by atoms with Gasteiger partial charge in [-0.25, -0.2) is 18.1 Å². The van der Waals surface area contributed by atoms with Crippen LogP contribution in [0.5, 0.6) is 0 Å². The second-order valence-corrected chi connectivity index (χ2v) is 10.6. The van der Waals surface area contributed by atoms with Gasteiger partial charge in [-0.15, -0.1) is 0 Å². The summed E-state index contributed by atoms with van der Waals surface area (Å²) in [5.74, 6) is -0.237. The molecule has 1 aliphatic rings. The lowest BCUT2D eigenvalue weighted by Gasteiger charge is -2.23. The molecule has 0 spiro atoms. The minimum absolute atomic E-state index is 0.124. The number of pyridine rings is 2. The van der Waals surface area contributed by atoms with Crippen LogP contribution in [0.25, 0.3) is 22.2 Å². The summed E-state index contributed by atoms with van der Waals surface area (Å²) >= 11 is 0.